The lowest BCUT2D eigenvalue weighted by molar-refractivity contribution is -0.262. The molecule has 0 saturated carbocycles. The average molecular weight is 263 g/mol. The van der Waals surface area contributed by atoms with Gasteiger partial charge in [0.15, 0.2) is 11.2 Å². The highest BCUT2D eigenvalue weighted by molar-refractivity contribution is 6.05. The summed E-state index contributed by atoms with van der Waals surface area (Å²) in [5.74, 6) is -0.535. The van der Waals surface area contributed by atoms with Crippen LogP contribution < -0.4 is 4.84 Å². The van der Waals surface area contributed by atoms with Gasteiger partial charge in [0.1, 0.15) is 0 Å². The van der Waals surface area contributed by atoms with Crippen LogP contribution in [0.4, 0.5) is 0 Å². The molecule has 1 fully saturated rings. The summed E-state index contributed by atoms with van der Waals surface area (Å²) in [6.45, 7) is 5.53. The third kappa shape index (κ3) is 2.16. The van der Waals surface area contributed by atoms with Crippen LogP contribution in [0.5, 0.6) is 5.75 Å². The van der Waals surface area contributed by atoms with Gasteiger partial charge < -0.3 is 9.68 Å². The molecular weight excluding hydrogens is 246 g/mol. The molecule has 1 amide bonds. The molecule has 0 unspecified atom stereocenters. The Morgan fingerprint density at radius 2 is 1.74 bits per heavy atom. The largest absolute Gasteiger partial charge is 0.352 e. The maximum absolute atomic E-state index is 12.2. The Balaban J connectivity index is 2.17. The van der Waals surface area contributed by atoms with Gasteiger partial charge in [-0.1, -0.05) is 31.5 Å². The van der Waals surface area contributed by atoms with Crippen molar-refractivity contribution in [2.24, 2.45) is 5.41 Å². The summed E-state index contributed by atoms with van der Waals surface area (Å²) in [5.41, 5.74) is -0.0291. The van der Waals surface area contributed by atoms with E-state index in [0.717, 1.165) is 5.56 Å². The van der Waals surface area contributed by atoms with E-state index < -0.39 is 17.3 Å². The van der Waals surface area contributed by atoms with E-state index in [-0.39, 0.29) is 0 Å². The maximum atomic E-state index is 12.2. The summed E-state index contributed by atoms with van der Waals surface area (Å²) in [5, 5.41) is 0.694. The van der Waals surface area contributed by atoms with E-state index in [1.165, 1.54) is 0 Å². The number of aryl methyl sites for hydroxylation is 1. The first-order chi connectivity index (χ1) is 9.03. The van der Waals surface area contributed by atoms with Crippen molar-refractivity contribution in [1.82, 2.24) is 5.23 Å². The number of benzene rings is 1. The molecule has 0 aromatic heterocycles. The van der Waals surface area contributed by atoms with E-state index in [2.05, 4.69) is 0 Å². The van der Waals surface area contributed by atoms with Crippen molar-refractivity contribution >= 4 is 11.9 Å². The second-order valence-electron chi connectivity index (χ2n) is 4.63. The Morgan fingerprint density at radius 3 is 2.21 bits per heavy atom. The van der Waals surface area contributed by atoms with Crippen molar-refractivity contribution in [3.63, 3.8) is 0 Å². The molecule has 0 bridgehead atoms. The summed E-state index contributed by atoms with van der Waals surface area (Å²) in [6.07, 6.45) is 0.795. The summed E-state index contributed by atoms with van der Waals surface area (Å²) in [7, 11) is 0. The van der Waals surface area contributed by atoms with Crippen LogP contribution in [0.1, 0.15) is 32.3 Å². The van der Waals surface area contributed by atoms with Crippen molar-refractivity contribution in [1.29, 1.82) is 0 Å². The fourth-order valence-electron chi connectivity index (χ4n) is 2.06. The topological polar surface area (TPSA) is 55.8 Å². The minimum Gasteiger partial charge on any atom is -0.343 e. The Morgan fingerprint density at radius 1 is 1.16 bits per heavy atom. The first kappa shape index (κ1) is 13.4. The van der Waals surface area contributed by atoms with Crippen LogP contribution in [0.3, 0.4) is 0 Å². The van der Waals surface area contributed by atoms with Crippen LogP contribution in [0, 0.1) is 12.3 Å². The van der Waals surface area contributed by atoms with Crippen molar-refractivity contribution in [3.8, 4) is 5.75 Å². The molecule has 5 heteroatoms. The van der Waals surface area contributed by atoms with E-state index in [9.17, 15) is 9.59 Å². The van der Waals surface area contributed by atoms with Gasteiger partial charge in [0, 0.05) is 5.23 Å². The normalized spacial score (nSPS) is 17.5. The predicted molar refractivity (Wildman–Crippen MR) is 67.8 cm³/mol. The van der Waals surface area contributed by atoms with Crippen LogP contribution in [0.25, 0.3) is 0 Å². The lowest BCUT2D eigenvalue weighted by atomic mass is 9.82. The zero-order valence-electron chi connectivity index (χ0n) is 11.3. The highest BCUT2D eigenvalue weighted by Crippen LogP contribution is 2.36. The van der Waals surface area contributed by atoms with Gasteiger partial charge >= 0.3 is 11.9 Å². The van der Waals surface area contributed by atoms with Gasteiger partial charge in [0.2, 0.25) is 0 Å². The van der Waals surface area contributed by atoms with Crippen molar-refractivity contribution < 1.29 is 19.3 Å². The molecule has 0 radical (unpaired) electrons. The van der Waals surface area contributed by atoms with Crippen LogP contribution in [0.2, 0.25) is 0 Å². The quantitative estimate of drug-likeness (QED) is 0.783. The standard InChI is InChI=1S/C14H17NO4/c1-4-14(5-2)12(16)15(19-13(14)17)18-11-8-6-10(3)7-9-11/h6-9H,4-5H2,1-3H3. The lowest BCUT2D eigenvalue weighted by Gasteiger charge is -2.17. The molecule has 0 spiro atoms. The summed E-state index contributed by atoms with van der Waals surface area (Å²) in [6, 6.07) is 7.14. The smallest absolute Gasteiger partial charge is 0.343 e. The zero-order valence-corrected chi connectivity index (χ0v) is 11.3. The van der Waals surface area contributed by atoms with Gasteiger partial charge in [-0.3, -0.25) is 4.79 Å². The maximum Gasteiger partial charge on any atom is 0.352 e. The van der Waals surface area contributed by atoms with Gasteiger partial charge in [0.25, 0.3) is 0 Å². The van der Waals surface area contributed by atoms with E-state index in [4.69, 9.17) is 9.68 Å². The number of amides is 1. The monoisotopic (exact) mass is 263 g/mol. The number of nitrogens with zero attached hydrogens (tertiary/aromatic N) is 1. The minimum absolute atomic E-state index is 0.398. The SMILES string of the molecule is CCC1(CC)C(=O)ON(Oc2ccc(C)cc2)C1=O. The van der Waals surface area contributed by atoms with Gasteiger partial charge in [-0.25, -0.2) is 4.79 Å². The summed E-state index contributed by atoms with van der Waals surface area (Å²) < 4.78 is 0. The molecule has 0 atom stereocenters. The van der Waals surface area contributed by atoms with Crippen LogP contribution in [-0.4, -0.2) is 17.1 Å². The molecule has 0 N–H and O–H groups in total. The second kappa shape index (κ2) is 4.91. The second-order valence-corrected chi connectivity index (χ2v) is 4.63. The number of rotatable bonds is 4. The Labute approximate surface area is 112 Å². The third-order valence-corrected chi connectivity index (χ3v) is 3.55. The number of carbonyl (C=O) groups is 2. The van der Waals surface area contributed by atoms with E-state index in [0.29, 0.717) is 23.8 Å². The Bertz CT molecular complexity index is 491. The van der Waals surface area contributed by atoms with Crippen molar-refractivity contribution in [2.75, 3.05) is 0 Å². The van der Waals surface area contributed by atoms with Crippen molar-refractivity contribution in [3.05, 3.63) is 29.8 Å². The van der Waals surface area contributed by atoms with Crippen LogP contribution >= 0.6 is 0 Å². The Kier molecular flexibility index (Phi) is 3.46. The highest BCUT2D eigenvalue weighted by atomic mass is 17.0. The predicted octanol–water partition coefficient (Wildman–Crippen LogP) is 2.40. The molecule has 1 heterocycles. The molecular formula is C14H17NO4. The van der Waals surface area contributed by atoms with Gasteiger partial charge in [-0.15, -0.1) is 0 Å². The molecule has 102 valence electrons. The molecule has 1 aliphatic heterocycles. The van der Waals surface area contributed by atoms with Gasteiger partial charge in [-0.05, 0) is 31.9 Å². The van der Waals surface area contributed by atoms with E-state index in [1.807, 2.05) is 19.1 Å². The lowest BCUT2D eigenvalue weighted by Crippen LogP contribution is -2.37. The van der Waals surface area contributed by atoms with Gasteiger partial charge in [0.05, 0.1) is 0 Å². The Hall–Kier alpha value is -2.04. The number of carbonyl (C=O) groups excluding carboxylic acids is 2. The van der Waals surface area contributed by atoms with E-state index >= 15 is 0 Å². The molecule has 5 nitrogen and oxygen atoms in total. The molecule has 1 aromatic carbocycles. The fourth-order valence-corrected chi connectivity index (χ4v) is 2.06. The first-order valence-electron chi connectivity index (χ1n) is 6.35. The van der Waals surface area contributed by atoms with Crippen LogP contribution in [0.15, 0.2) is 24.3 Å². The molecule has 19 heavy (non-hydrogen) atoms. The highest BCUT2D eigenvalue weighted by Gasteiger charge is 2.56. The molecule has 2 rings (SSSR count). The number of hydrogen-bond donors (Lipinski definition) is 0. The summed E-state index contributed by atoms with van der Waals surface area (Å²) >= 11 is 0. The molecule has 1 aliphatic rings. The molecule has 1 aromatic rings. The number of hydrogen-bond acceptors (Lipinski definition) is 4. The first-order valence-corrected chi connectivity index (χ1v) is 6.35. The fraction of sp³-hybridized carbons (Fsp3) is 0.429. The molecule has 0 aliphatic carbocycles. The zero-order chi connectivity index (χ0) is 14.0. The van der Waals surface area contributed by atoms with Crippen molar-refractivity contribution in [2.45, 2.75) is 33.6 Å². The summed E-state index contributed by atoms with van der Waals surface area (Å²) in [4.78, 5) is 34.3. The number of hydroxylamine groups is 2. The van der Waals surface area contributed by atoms with E-state index in [1.54, 1.807) is 26.0 Å². The molecule has 1 saturated heterocycles. The van der Waals surface area contributed by atoms with Crippen LogP contribution in [-0.2, 0) is 14.4 Å². The van der Waals surface area contributed by atoms with Gasteiger partial charge in [-0.2, -0.15) is 0 Å². The third-order valence-electron chi connectivity index (χ3n) is 3.55. The average Bonchev–Trinajstić information content (AvgIpc) is 2.64. The minimum atomic E-state index is -1.11.